The molecule has 0 aliphatic rings. The number of aromatic nitrogens is 2. The Labute approximate surface area is 103 Å². The molecule has 0 aliphatic heterocycles. The van der Waals surface area contributed by atoms with Crippen LogP contribution in [0.2, 0.25) is 0 Å². The normalized spacial score (nSPS) is 11.8. The summed E-state index contributed by atoms with van der Waals surface area (Å²) in [6.07, 6.45) is 8.00. The number of hydrogen-bond donors (Lipinski definition) is 1. The molecule has 4 heteroatoms. The van der Waals surface area contributed by atoms with Gasteiger partial charge < -0.3 is 5.32 Å². The lowest BCUT2D eigenvalue weighted by Crippen LogP contribution is -2.15. The first-order valence-electron chi connectivity index (χ1n) is 6.26. The highest BCUT2D eigenvalue weighted by Crippen LogP contribution is 2.14. The molecule has 0 radical (unpaired) electrons. The van der Waals surface area contributed by atoms with Crippen molar-refractivity contribution < 1.29 is 0 Å². The van der Waals surface area contributed by atoms with E-state index in [2.05, 4.69) is 29.1 Å². The van der Waals surface area contributed by atoms with E-state index in [-0.39, 0.29) is 0 Å². The monoisotopic (exact) mass is 232 g/mol. The summed E-state index contributed by atoms with van der Waals surface area (Å²) >= 11 is 0. The van der Waals surface area contributed by atoms with Crippen molar-refractivity contribution in [3.63, 3.8) is 0 Å². The third-order valence-electron chi connectivity index (χ3n) is 2.91. The van der Waals surface area contributed by atoms with Crippen LogP contribution in [0.3, 0.4) is 0 Å². The Hall–Kier alpha value is -1.63. The molecule has 1 aromatic rings. The van der Waals surface area contributed by atoms with Crippen LogP contribution in [0.25, 0.3) is 0 Å². The van der Waals surface area contributed by atoms with Gasteiger partial charge in [-0.15, -0.1) is 0 Å². The van der Waals surface area contributed by atoms with Crippen molar-refractivity contribution in [2.75, 3.05) is 11.9 Å². The summed E-state index contributed by atoms with van der Waals surface area (Å²) in [4.78, 5) is 8.12. The lowest BCUT2D eigenvalue weighted by Gasteiger charge is -2.15. The molecule has 0 amide bonds. The summed E-state index contributed by atoms with van der Waals surface area (Å²) < 4.78 is 0. The molecule has 1 aromatic heterocycles. The van der Waals surface area contributed by atoms with Crippen LogP contribution >= 0.6 is 0 Å². The number of anilines is 1. The van der Waals surface area contributed by atoms with Crippen LogP contribution in [0.15, 0.2) is 12.4 Å². The average Bonchev–Trinajstić information content (AvgIpc) is 2.39. The molecule has 17 heavy (non-hydrogen) atoms. The van der Waals surface area contributed by atoms with Crippen LogP contribution in [0.1, 0.15) is 45.2 Å². The van der Waals surface area contributed by atoms with E-state index in [1.54, 1.807) is 6.20 Å². The van der Waals surface area contributed by atoms with E-state index in [0.29, 0.717) is 17.4 Å². The van der Waals surface area contributed by atoms with Crippen LogP contribution in [0.5, 0.6) is 0 Å². The minimum Gasteiger partial charge on any atom is -0.367 e. The fourth-order valence-corrected chi connectivity index (χ4v) is 1.73. The summed E-state index contributed by atoms with van der Waals surface area (Å²) in [5, 5.41) is 12.1. The number of nitrogens with zero attached hydrogens (tertiary/aromatic N) is 3. The van der Waals surface area contributed by atoms with Crippen molar-refractivity contribution in [2.24, 2.45) is 5.92 Å². The van der Waals surface area contributed by atoms with E-state index in [9.17, 15) is 0 Å². The number of rotatable bonds is 7. The highest BCUT2D eigenvalue weighted by molar-refractivity contribution is 5.46. The zero-order valence-corrected chi connectivity index (χ0v) is 10.6. The van der Waals surface area contributed by atoms with E-state index in [1.807, 2.05) is 6.07 Å². The van der Waals surface area contributed by atoms with Crippen LogP contribution in [0.4, 0.5) is 5.82 Å². The van der Waals surface area contributed by atoms with Gasteiger partial charge in [-0.25, -0.2) is 9.97 Å². The third-order valence-corrected chi connectivity index (χ3v) is 2.91. The molecule has 0 spiro atoms. The van der Waals surface area contributed by atoms with Gasteiger partial charge in [0.25, 0.3) is 0 Å². The molecule has 0 bridgehead atoms. The van der Waals surface area contributed by atoms with Gasteiger partial charge in [0.15, 0.2) is 11.5 Å². The Kier molecular flexibility index (Phi) is 6.02. The lowest BCUT2D eigenvalue weighted by molar-refractivity contribution is 0.472. The molecule has 0 fully saturated rings. The molecular weight excluding hydrogens is 212 g/mol. The molecule has 4 nitrogen and oxygen atoms in total. The maximum absolute atomic E-state index is 8.89. The van der Waals surface area contributed by atoms with Gasteiger partial charge in [0.2, 0.25) is 0 Å². The van der Waals surface area contributed by atoms with Gasteiger partial charge in [-0.05, 0) is 12.3 Å². The topological polar surface area (TPSA) is 61.6 Å². The zero-order chi connectivity index (χ0) is 12.5. The van der Waals surface area contributed by atoms with Gasteiger partial charge in [-0.3, -0.25) is 0 Å². The van der Waals surface area contributed by atoms with Gasteiger partial charge in [0.1, 0.15) is 6.07 Å². The summed E-state index contributed by atoms with van der Waals surface area (Å²) in [5.74, 6) is 1.24. The molecule has 0 aromatic carbocycles. The maximum Gasteiger partial charge on any atom is 0.182 e. The first-order chi connectivity index (χ1) is 8.31. The predicted octanol–water partition coefficient (Wildman–Crippen LogP) is 2.98. The minimum absolute atomic E-state index is 0.373. The van der Waals surface area contributed by atoms with Crippen molar-refractivity contribution in [3.8, 4) is 6.07 Å². The predicted molar refractivity (Wildman–Crippen MR) is 68.5 cm³/mol. The smallest absolute Gasteiger partial charge is 0.182 e. The van der Waals surface area contributed by atoms with Gasteiger partial charge in [-0.1, -0.05) is 33.1 Å². The van der Waals surface area contributed by atoms with Crippen LogP contribution in [0, 0.1) is 17.2 Å². The SMILES string of the molecule is CCCCC(CC)CNc1nccnc1C#N. The Balaban J connectivity index is 2.51. The molecule has 1 rings (SSSR count). The third kappa shape index (κ3) is 4.39. The first-order valence-corrected chi connectivity index (χ1v) is 6.26. The highest BCUT2D eigenvalue weighted by Gasteiger charge is 2.08. The number of nitrogens with one attached hydrogen (secondary N) is 1. The van der Waals surface area contributed by atoms with Crippen LogP contribution < -0.4 is 5.32 Å². The minimum atomic E-state index is 0.373. The quantitative estimate of drug-likeness (QED) is 0.785. The first kappa shape index (κ1) is 13.4. The molecule has 0 aliphatic carbocycles. The number of hydrogen-bond acceptors (Lipinski definition) is 4. The Morgan fingerprint density at radius 2 is 2.12 bits per heavy atom. The van der Waals surface area contributed by atoms with E-state index in [1.165, 1.54) is 25.5 Å². The number of unbranched alkanes of at least 4 members (excludes halogenated alkanes) is 1. The molecule has 92 valence electrons. The van der Waals surface area contributed by atoms with Crippen molar-refractivity contribution in [2.45, 2.75) is 39.5 Å². The largest absolute Gasteiger partial charge is 0.367 e. The van der Waals surface area contributed by atoms with Gasteiger partial charge >= 0.3 is 0 Å². The lowest BCUT2D eigenvalue weighted by atomic mass is 9.99. The second kappa shape index (κ2) is 7.61. The molecule has 1 heterocycles. The molecule has 1 atom stereocenters. The molecule has 0 saturated carbocycles. The number of nitriles is 1. The second-order valence-electron chi connectivity index (χ2n) is 4.16. The molecule has 1 unspecified atom stereocenters. The van der Waals surface area contributed by atoms with E-state index in [0.717, 1.165) is 13.0 Å². The van der Waals surface area contributed by atoms with Crippen molar-refractivity contribution in [1.82, 2.24) is 9.97 Å². The van der Waals surface area contributed by atoms with Crippen molar-refractivity contribution >= 4 is 5.82 Å². The van der Waals surface area contributed by atoms with E-state index < -0.39 is 0 Å². The van der Waals surface area contributed by atoms with Gasteiger partial charge in [0, 0.05) is 18.9 Å². The summed E-state index contributed by atoms with van der Waals surface area (Å²) in [5.41, 5.74) is 0.373. The van der Waals surface area contributed by atoms with Crippen molar-refractivity contribution in [1.29, 1.82) is 5.26 Å². The summed E-state index contributed by atoms with van der Waals surface area (Å²) in [6, 6.07) is 2.04. The van der Waals surface area contributed by atoms with Crippen molar-refractivity contribution in [3.05, 3.63) is 18.1 Å². The van der Waals surface area contributed by atoms with Crippen LogP contribution in [-0.2, 0) is 0 Å². The zero-order valence-electron chi connectivity index (χ0n) is 10.6. The van der Waals surface area contributed by atoms with Crippen LogP contribution in [-0.4, -0.2) is 16.5 Å². The average molecular weight is 232 g/mol. The Morgan fingerprint density at radius 1 is 1.35 bits per heavy atom. The molecular formula is C13H20N4. The fourth-order valence-electron chi connectivity index (χ4n) is 1.73. The summed E-state index contributed by atoms with van der Waals surface area (Å²) in [7, 11) is 0. The maximum atomic E-state index is 8.89. The molecule has 0 saturated heterocycles. The van der Waals surface area contributed by atoms with E-state index in [4.69, 9.17) is 5.26 Å². The van der Waals surface area contributed by atoms with Gasteiger partial charge in [-0.2, -0.15) is 5.26 Å². The molecule has 1 N–H and O–H groups in total. The van der Waals surface area contributed by atoms with E-state index >= 15 is 0 Å². The Bertz CT molecular complexity index is 370. The summed E-state index contributed by atoms with van der Waals surface area (Å²) in [6.45, 7) is 5.27. The Morgan fingerprint density at radius 3 is 2.76 bits per heavy atom. The standard InChI is InChI=1S/C13H20N4/c1-3-5-6-11(4-2)10-17-13-12(9-14)15-7-8-16-13/h7-8,11H,3-6,10H2,1-2H3,(H,16,17). The highest BCUT2D eigenvalue weighted by atomic mass is 15.0. The second-order valence-corrected chi connectivity index (χ2v) is 4.16. The fraction of sp³-hybridized carbons (Fsp3) is 0.615. The van der Waals surface area contributed by atoms with Gasteiger partial charge in [0.05, 0.1) is 0 Å².